The molecule has 0 aromatic carbocycles. The van der Waals surface area contributed by atoms with Gasteiger partial charge < -0.3 is 14.6 Å². The molecule has 0 bridgehead atoms. The normalized spacial score (nSPS) is 17.4. The van der Waals surface area contributed by atoms with Crippen molar-refractivity contribution in [1.29, 1.82) is 0 Å². The number of rotatable bonds is 6. The second kappa shape index (κ2) is 4.87. The summed E-state index contributed by atoms with van der Waals surface area (Å²) in [5.41, 5.74) is 1.06. The number of hydrogen-bond acceptors (Lipinski definition) is 3. The van der Waals surface area contributed by atoms with Crippen molar-refractivity contribution in [3.63, 3.8) is 0 Å². The highest BCUT2D eigenvalue weighted by atomic mass is 16.5. The minimum atomic E-state index is 0.531. The SMILES string of the molecule is COCCn1cc(C)nc1NC(C)C1CC1. The van der Waals surface area contributed by atoms with E-state index in [1.807, 2.05) is 6.92 Å². The van der Waals surface area contributed by atoms with Gasteiger partial charge in [-0.1, -0.05) is 0 Å². The van der Waals surface area contributed by atoms with E-state index >= 15 is 0 Å². The molecule has 1 atom stereocenters. The fraction of sp³-hybridized carbons (Fsp3) is 0.750. The van der Waals surface area contributed by atoms with Crippen LogP contribution in [0.3, 0.4) is 0 Å². The highest BCUT2D eigenvalue weighted by Gasteiger charge is 2.28. The summed E-state index contributed by atoms with van der Waals surface area (Å²) >= 11 is 0. The van der Waals surface area contributed by atoms with Crippen molar-refractivity contribution in [3.05, 3.63) is 11.9 Å². The molecule has 4 heteroatoms. The van der Waals surface area contributed by atoms with Gasteiger partial charge in [-0.15, -0.1) is 0 Å². The first-order valence-electron chi connectivity index (χ1n) is 6.00. The van der Waals surface area contributed by atoms with Gasteiger partial charge in [-0.25, -0.2) is 4.98 Å². The molecule has 0 saturated heterocycles. The summed E-state index contributed by atoms with van der Waals surface area (Å²) in [7, 11) is 1.73. The summed E-state index contributed by atoms with van der Waals surface area (Å²) < 4.78 is 7.24. The fourth-order valence-electron chi connectivity index (χ4n) is 1.94. The van der Waals surface area contributed by atoms with Gasteiger partial charge in [0, 0.05) is 25.9 Å². The predicted molar refractivity (Wildman–Crippen MR) is 64.6 cm³/mol. The number of methoxy groups -OCH3 is 1. The number of nitrogens with one attached hydrogen (secondary N) is 1. The van der Waals surface area contributed by atoms with Crippen LogP contribution >= 0.6 is 0 Å². The van der Waals surface area contributed by atoms with Crippen molar-refractivity contribution in [2.45, 2.75) is 39.3 Å². The van der Waals surface area contributed by atoms with Crippen LogP contribution in [0.2, 0.25) is 0 Å². The Kier molecular flexibility index (Phi) is 3.49. The van der Waals surface area contributed by atoms with Crippen molar-refractivity contribution in [2.75, 3.05) is 19.0 Å². The van der Waals surface area contributed by atoms with Gasteiger partial charge >= 0.3 is 0 Å². The van der Waals surface area contributed by atoms with E-state index in [0.29, 0.717) is 6.04 Å². The minimum Gasteiger partial charge on any atom is -0.383 e. The molecule has 16 heavy (non-hydrogen) atoms. The molecule has 1 aliphatic rings. The van der Waals surface area contributed by atoms with E-state index in [4.69, 9.17) is 4.74 Å². The highest BCUT2D eigenvalue weighted by Crippen LogP contribution is 2.33. The van der Waals surface area contributed by atoms with Gasteiger partial charge in [-0.2, -0.15) is 0 Å². The Labute approximate surface area is 97.0 Å². The molecule has 1 N–H and O–H groups in total. The Hall–Kier alpha value is -1.03. The average molecular weight is 223 g/mol. The lowest BCUT2D eigenvalue weighted by Crippen LogP contribution is -2.20. The van der Waals surface area contributed by atoms with Gasteiger partial charge in [0.05, 0.1) is 12.3 Å². The summed E-state index contributed by atoms with van der Waals surface area (Å²) in [6, 6.07) is 0.531. The largest absolute Gasteiger partial charge is 0.383 e. The van der Waals surface area contributed by atoms with Crippen LogP contribution in [-0.4, -0.2) is 29.3 Å². The van der Waals surface area contributed by atoms with Crippen LogP contribution < -0.4 is 5.32 Å². The smallest absolute Gasteiger partial charge is 0.203 e. The number of anilines is 1. The van der Waals surface area contributed by atoms with Gasteiger partial charge in [0.1, 0.15) is 0 Å². The molecular formula is C12H21N3O. The van der Waals surface area contributed by atoms with Crippen LogP contribution in [0, 0.1) is 12.8 Å². The van der Waals surface area contributed by atoms with Crippen molar-refractivity contribution in [3.8, 4) is 0 Å². The summed E-state index contributed by atoms with van der Waals surface area (Å²) in [4.78, 5) is 4.51. The molecule has 0 aliphatic heterocycles. The Morgan fingerprint density at radius 2 is 2.38 bits per heavy atom. The standard InChI is InChI=1S/C12H21N3O/c1-9-8-15(6-7-16-3)12(13-9)14-10(2)11-4-5-11/h8,10-11H,4-7H2,1-3H3,(H,13,14). The molecule has 1 fully saturated rings. The molecule has 4 nitrogen and oxygen atoms in total. The summed E-state index contributed by atoms with van der Waals surface area (Å²) in [6.45, 7) is 5.85. The molecule has 1 saturated carbocycles. The van der Waals surface area contributed by atoms with E-state index < -0.39 is 0 Å². The lowest BCUT2D eigenvalue weighted by atomic mass is 10.2. The Bertz CT molecular complexity index is 344. The van der Waals surface area contributed by atoms with Crippen LogP contribution in [0.15, 0.2) is 6.20 Å². The Morgan fingerprint density at radius 1 is 1.62 bits per heavy atom. The molecule has 0 amide bonds. The van der Waals surface area contributed by atoms with E-state index in [1.165, 1.54) is 12.8 Å². The number of aryl methyl sites for hydroxylation is 1. The average Bonchev–Trinajstić information content (AvgIpc) is 3.02. The number of aromatic nitrogens is 2. The molecular weight excluding hydrogens is 202 g/mol. The van der Waals surface area contributed by atoms with Gasteiger partial charge in [0.2, 0.25) is 5.95 Å². The quantitative estimate of drug-likeness (QED) is 0.802. The third kappa shape index (κ3) is 2.76. The number of nitrogens with zero attached hydrogens (tertiary/aromatic N) is 2. The summed E-state index contributed by atoms with van der Waals surface area (Å²) in [6.07, 6.45) is 4.78. The maximum absolute atomic E-state index is 5.10. The molecule has 1 aromatic rings. The molecule has 1 unspecified atom stereocenters. The first kappa shape index (κ1) is 11.5. The molecule has 0 spiro atoms. The number of imidazole rings is 1. The summed E-state index contributed by atoms with van der Waals surface area (Å²) in [5.74, 6) is 1.82. The molecule has 0 radical (unpaired) electrons. The van der Waals surface area contributed by atoms with Crippen molar-refractivity contribution < 1.29 is 4.74 Å². The first-order chi connectivity index (χ1) is 7.70. The fourth-order valence-corrected chi connectivity index (χ4v) is 1.94. The van der Waals surface area contributed by atoms with Crippen molar-refractivity contribution in [1.82, 2.24) is 9.55 Å². The Balaban J connectivity index is 1.99. The van der Waals surface area contributed by atoms with Crippen LogP contribution in [0.25, 0.3) is 0 Å². The maximum Gasteiger partial charge on any atom is 0.203 e. The van der Waals surface area contributed by atoms with Crippen LogP contribution in [0.5, 0.6) is 0 Å². The van der Waals surface area contributed by atoms with Gasteiger partial charge in [-0.3, -0.25) is 0 Å². The lowest BCUT2D eigenvalue weighted by Gasteiger charge is -2.15. The van der Waals surface area contributed by atoms with Crippen LogP contribution in [0.4, 0.5) is 5.95 Å². The van der Waals surface area contributed by atoms with Gasteiger partial charge in [-0.05, 0) is 32.6 Å². The molecule has 90 valence electrons. The monoisotopic (exact) mass is 223 g/mol. The van der Waals surface area contributed by atoms with Gasteiger partial charge in [0.15, 0.2) is 0 Å². The number of hydrogen-bond donors (Lipinski definition) is 1. The van der Waals surface area contributed by atoms with Crippen LogP contribution in [0.1, 0.15) is 25.5 Å². The van der Waals surface area contributed by atoms with Crippen molar-refractivity contribution in [2.24, 2.45) is 5.92 Å². The predicted octanol–water partition coefficient (Wildman–Crippen LogP) is 2.05. The minimum absolute atomic E-state index is 0.531. The van der Waals surface area contributed by atoms with Crippen molar-refractivity contribution >= 4 is 5.95 Å². The third-order valence-corrected chi connectivity index (χ3v) is 3.12. The molecule has 1 aromatic heterocycles. The topological polar surface area (TPSA) is 39.1 Å². The second-order valence-corrected chi connectivity index (χ2v) is 4.66. The third-order valence-electron chi connectivity index (χ3n) is 3.12. The van der Waals surface area contributed by atoms with E-state index in [-0.39, 0.29) is 0 Å². The van der Waals surface area contributed by atoms with Crippen LogP contribution in [-0.2, 0) is 11.3 Å². The van der Waals surface area contributed by atoms with E-state index in [2.05, 4.69) is 28.0 Å². The maximum atomic E-state index is 5.10. The molecule has 1 heterocycles. The zero-order valence-corrected chi connectivity index (χ0v) is 10.4. The highest BCUT2D eigenvalue weighted by molar-refractivity contribution is 5.30. The zero-order valence-electron chi connectivity index (χ0n) is 10.4. The molecule has 1 aliphatic carbocycles. The Morgan fingerprint density at radius 3 is 3.00 bits per heavy atom. The lowest BCUT2D eigenvalue weighted by molar-refractivity contribution is 0.187. The number of ether oxygens (including phenoxy) is 1. The van der Waals surface area contributed by atoms with E-state index in [0.717, 1.165) is 30.7 Å². The summed E-state index contributed by atoms with van der Waals surface area (Å²) in [5, 5.41) is 3.50. The van der Waals surface area contributed by atoms with E-state index in [1.54, 1.807) is 7.11 Å². The first-order valence-corrected chi connectivity index (χ1v) is 6.00. The molecule has 2 rings (SSSR count). The zero-order chi connectivity index (χ0) is 11.5. The van der Waals surface area contributed by atoms with E-state index in [9.17, 15) is 0 Å². The van der Waals surface area contributed by atoms with Gasteiger partial charge in [0.25, 0.3) is 0 Å². The second-order valence-electron chi connectivity index (χ2n) is 4.66.